The van der Waals surface area contributed by atoms with Crippen molar-refractivity contribution >= 4 is 11.7 Å². The van der Waals surface area contributed by atoms with Gasteiger partial charge in [0.25, 0.3) is 0 Å². The maximum atomic E-state index is 12.6. The van der Waals surface area contributed by atoms with Gasteiger partial charge < -0.3 is 9.80 Å². The van der Waals surface area contributed by atoms with E-state index in [2.05, 4.69) is 52.4 Å². The van der Waals surface area contributed by atoms with Gasteiger partial charge in [0, 0.05) is 38.2 Å². The van der Waals surface area contributed by atoms with E-state index in [0.717, 1.165) is 68.4 Å². The Morgan fingerprint density at radius 2 is 1.67 bits per heavy atom. The van der Waals surface area contributed by atoms with Gasteiger partial charge in [-0.15, -0.1) is 10.2 Å². The van der Waals surface area contributed by atoms with Gasteiger partial charge in [0.2, 0.25) is 5.91 Å². The molecule has 4 rings (SSSR count). The molecule has 1 saturated heterocycles. The van der Waals surface area contributed by atoms with Crippen molar-refractivity contribution in [3.63, 3.8) is 0 Å². The molecule has 1 aliphatic carbocycles. The predicted octanol–water partition coefficient (Wildman–Crippen LogP) is 4.72. The third kappa shape index (κ3) is 5.18. The highest BCUT2D eigenvalue weighted by Gasteiger charge is 2.23. The minimum atomic E-state index is 0.331. The quantitative estimate of drug-likeness (QED) is 0.697. The molecule has 2 heterocycles. The summed E-state index contributed by atoms with van der Waals surface area (Å²) in [6.45, 7) is 5.38. The smallest absolute Gasteiger partial charge is 0.222 e. The van der Waals surface area contributed by atoms with Crippen molar-refractivity contribution < 1.29 is 4.79 Å². The Hall–Kier alpha value is -2.43. The first-order valence-electron chi connectivity index (χ1n) is 11.7. The Bertz CT molecular complexity index is 804. The molecule has 2 aliphatic rings. The summed E-state index contributed by atoms with van der Waals surface area (Å²) < 4.78 is 0. The molecular weight excluding hydrogens is 372 g/mol. The van der Waals surface area contributed by atoms with Crippen molar-refractivity contribution in [2.75, 3.05) is 31.1 Å². The van der Waals surface area contributed by atoms with Crippen molar-refractivity contribution in [1.29, 1.82) is 0 Å². The van der Waals surface area contributed by atoms with Crippen molar-refractivity contribution in [3.8, 4) is 11.3 Å². The lowest BCUT2D eigenvalue weighted by atomic mass is 9.86. The lowest BCUT2D eigenvalue weighted by Crippen LogP contribution is -2.49. The fourth-order valence-corrected chi connectivity index (χ4v) is 4.71. The summed E-state index contributed by atoms with van der Waals surface area (Å²) >= 11 is 0. The summed E-state index contributed by atoms with van der Waals surface area (Å²) in [5.74, 6) is 2.01. The van der Waals surface area contributed by atoms with E-state index in [1.165, 1.54) is 37.7 Å². The highest BCUT2D eigenvalue weighted by atomic mass is 16.2. The molecular formula is C25H34N4O. The van der Waals surface area contributed by atoms with E-state index in [4.69, 9.17) is 0 Å². The molecule has 0 bridgehead atoms. The molecule has 0 spiro atoms. The largest absolute Gasteiger partial charge is 0.352 e. The number of nitrogens with zero attached hydrogens (tertiary/aromatic N) is 4. The monoisotopic (exact) mass is 406 g/mol. The van der Waals surface area contributed by atoms with E-state index in [9.17, 15) is 4.79 Å². The highest BCUT2D eigenvalue weighted by Crippen LogP contribution is 2.27. The third-order valence-electron chi connectivity index (χ3n) is 6.76. The molecule has 1 aromatic heterocycles. The average molecular weight is 407 g/mol. The average Bonchev–Trinajstić information content (AvgIpc) is 2.83. The second-order valence-electron chi connectivity index (χ2n) is 8.74. The number of amides is 1. The Balaban J connectivity index is 1.26. The molecule has 1 aliphatic heterocycles. The van der Waals surface area contributed by atoms with Crippen molar-refractivity contribution in [1.82, 2.24) is 15.1 Å². The van der Waals surface area contributed by atoms with Gasteiger partial charge in [-0.2, -0.15) is 0 Å². The first-order chi connectivity index (χ1) is 14.7. The van der Waals surface area contributed by atoms with Crippen LogP contribution in [0.4, 0.5) is 5.82 Å². The van der Waals surface area contributed by atoms with Gasteiger partial charge in [-0.1, -0.05) is 63.3 Å². The zero-order chi connectivity index (χ0) is 20.8. The topological polar surface area (TPSA) is 49.3 Å². The van der Waals surface area contributed by atoms with Crippen LogP contribution in [0.15, 0.2) is 36.4 Å². The third-order valence-corrected chi connectivity index (χ3v) is 6.76. The zero-order valence-electron chi connectivity index (χ0n) is 18.2. The Labute approximate surface area is 180 Å². The minimum absolute atomic E-state index is 0.331. The lowest BCUT2D eigenvalue weighted by Gasteiger charge is -2.35. The van der Waals surface area contributed by atoms with Crippen LogP contribution in [0.2, 0.25) is 0 Å². The van der Waals surface area contributed by atoms with Crippen LogP contribution in [0.3, 0.4) is 0 Å². The van der Waals surface area contributed by atoms with E-state index in [0.29, 0.717) is 5.91 Å². The second-order valence-corrected chi connectivity index (χ2v) is 8.74. The van der Waals surface area contributed by atoms with Gasteiger partial charge >= 0.3 is 0 Å². The number of benzene rings is 1. The number of rotatable bonds is 6. The van der Waals surface area contributed by atoms with Gasteiger partial charge in [0.15, 0.2) is 5.82 Å². The summed E-state index contributed by atoms with van der Waals surface area (Å²) in [6.07, 6.45) is 9.54. The van der Waals surface area contributed by atoms with Crippen LogP contribution in [0.5, 0.6) is 0 Å². The Morgan fingerprint density at radius 1 is 0.933 bits per heavy atom. The maximum Gasteiger partial charge on any atom is 0.222 e. The van der Waals surface area contributed by atoms with Crippen LogP contribution in [0, 0.1) is 5.92 Å². The predicted molar refractivity (Wildman–Crippen MR) is 121 cm³/mol. The molecule has 2 aromatic rings. The van der Waals surface area contributed by atoms with Crippen LogP contribution in [-0.2, 0) is 11.2 Å². The molecule has 1 saturated carbocycles. The molecule has 5 nitrogen and oxygen atoms in total. The van der Waals surface area contributed by atoms with Crippen LogP contribution in [0.25, 0.3) is 11.3 Å². The fourth-order valence-electron chi connectivity index (χ4n) is 4.71. The molecule has 1 amide bonds. The molecule has 160 valence electrons. The molecule has 2 fully saturated rings. The van der Waals surface area contributed by atoms with Crippen LogP contribution in [-0.4, -0.2) is 47.2 Å². The molecule has 0 N–H and O–H groups in total. The van der Waals surface area contributed by atoms with Crippen LogP contribution in [0.1, 0.15) is 57.4 Å². The Morgan fingerprint density at radius 3 is 2.30 bits per heavy atom. The fraction of sp³-hybridized carbons (Fsp3) is 0.560. The van der Waals surface area contributed by atoms with Crippen LogP contribution >= 0.6 is 0 Å². The van der Waals surface area contributed by atoms with Crippen molar-refractivity contribution in [3.05, 3.63) is 42.0 Å². The summed E-state index contributed by atoms with van der Waals surface area (Å²) in [6, 6.07) is 12.6. The number of anilines is 1. The summed E-state index contributed by atoms with van der Waals surface area (Å²) in [5, 5.41) is 8.90. The SMILES string of the molecule is CCc1ccc(-c2ccc(N3CCN(C(=O)CCC4CCCCC4)CC3)nn2)cc1. The number of hydrogen-bond acceptors (Lipinski definition) is 4. The van der Waals surface area contributed by atoms with Gasteiger partial charge in [0.05, 0.1) is 5.69 Å². The molecule has 0 unspecified atom stereocenters. The highest BCUT2D eigenvalue weighted by molar-refractivity contribution is 5.76. The molecule has 30 heavy (non-hydrogen) atoms. The number of carbonyl (C=O) groups excluding carboxylic acids is 1. The minimum Gasteiger partial charge on any atom is -0.352 e. The number of carbonyl (C=O) groups is 1. The number of hydrogen-bond donors (Lipinski definition) is 0. The summed E-state index contributed by atoms with van der Waals surface area (Å²) in [4.78, 5) is 16.9. The van der Waals surface area contributed by atoms with Crippen molar-refractivity contribution in [2.45, 2.75) is 58.3 Å². The lowest BCUT2D eigenvalue weighted by molar-refractivity contribution is -0.131. The summed E-state index contributed by atoms with van der Waals surface area (Å²) in [5.41, 5.74) is 3.33. The number of piperazine rings is 1. The standard InChI is InChI=1S/C25H34N4O/c1-2-20-8-11-22(12-9-20)23-13-14-24(27-26-23)28-16-18-29(19-17-28)25(30)15-10-21-6-4-3-5-7-21/h8-9,11-14,21H,2-7,10,15-19H2,1H3. The zero-order valence-corrected chi connectivity index (χ0v) is 18.2. The number of aromatic nitrogens is 2. The van der Waals surface area contributed by atoms with Crippen molar-refractivity contribution in [2.24, 2.45) is 5.92 Å². The van der Waals surface area contributed by atoms with E-state index in [-0.39, 0.29) is 0 Å². The maximum absolute atomic E-state index is 12.6. The second kappa shape index (κ2) is 10.1. The van der Waals surface area contributed by atoms with E-state index in [1.807, 2.05) is 11.0 Å². The van der Waals surface area contributed by atoms with Crippen LogP contribution < -0.4 is 4.90 Å². The van der Waals surface area contributed by atoms with E-state index in [1.54, 1.807) is 0 Å². The van der Waals surface area contributed by atoms with Gasteiger partial charge in [-0.3, -0.25) is 4.79 Å². The van der Waals surface area contributed by atoms with E-state index >= 15 is 0 Å². The number of aryl methyl sites for hydroxylation is 1. The first kappa shape index (κ1) is 20.8. The Kier molecular flexibility index (Phi) is 6.98. The molecule has 0 radical (unpaired) electrons. The van der Waals surface area contributed by atoms with Gasteiger partial charge in [-0.05, 0) is 36.5 Å². The molecule has 0 atom stereocenters. The summed E-state index contributed by atoms with van der Waals surface area (Å²) in [7, 11) is 0. The normalized spacial score (nSPS) is 17.9. The van der Waals surface area contributed by atoms with Gasteiger partial charge in [-0.25, -0.2) is 0 Å². The molecule has 5 heteroatoms. The van der Waals surface area contributed by atoms with Gasteiger partial charge in [0.1, 0.15) is 0 Å². The van der Waals surface area contributed by atoms with E-state index < -0.39 is 0 Å². The molecule has 1 aromatic carbocycles. The first-order valence-corrected chi connectivity index (χ1v) is 11.7.